The molecule has 0 saturated carbocycles. The van der Waals surface area contributed by atoms with E-state index in [0.29, 0.717) is 37.2 Å². The van der Waals surface area contributed by atoms with Gasteiger partial charge in [-0.3, -0.25) is 9.59 Å². The van der Waals surface area contributed by atoms with Crippen molar-refractivity contribution in [2.45, 2.75) is 30.9 Å². The Morgan fingerprint density at radius 3 is 2.42 bits per heavy atom. The largest absolute Gasteiger partial charge is 0.481 e. The van der Waals surface area contributed by atoms with Crippen LogP contribution in [-0.2, 0) is 24.1 Å². The van der Waals surface area contributed by atoms with Gasteiger partial charge in [0.25, 0.3) is 5.91 Å². The fourth-order valence-corrected chi connectivity index (χ4v) is 4.01. The van der Waals surface area contributed by atoms with Crippen LogP contribution in [0.25, 0.3) is 0 Å². The lowest BCUT2D eigenvalue weighted by atomic mass is 9.93. The first-order valence-electron chi connectivity index (χ1n) is 10.9. The third kappa shape index (κ3) is 7.64. The Morgan fingerprint density at radius 1 is 0.970 bits per heavy atom. The lowest BCUT2D eigenvalue weighted by Gasteiger charge is -2.19. The van der Waals surface area contributed by atoms with Crippen LogP contribution in [0.1, 0.15) is 33.5 Å². The Morgan fingerprint density at radius 2 is 1.73 bits per heavy atom. The van der Waals surface area contributed by atoms with E-state index in [0.717, 1.165) is 17.5 Å². The maximum absolute atomic E-state index is 12.5. The van der Waals surface area contributed by atoms with Gasteiger partial charge in [0.15, 0.2) is 0 Å². The van der Waals surface area contributed by atoms with Crippen molar-refractivity contribution < 1.29 is 14.7 Å². The highest BCUT2D eigenvalue weighted by atomic mass is 32.1. The monoisotopic (exact) mass is 463 g/mol. The van der Waals surface area contributed by atoms with Crippen LogP contribution in [0.5, 0.6) is 0 Å². The summed E-state index contributed by atoms with van der Waals surface area (Å²) >= 11 is 4.59. The maximum atomic E-state index is 12.5. The van der Waals surface area contributed by atoms with E-state index in [1.165, 1.54) is 5.56 Å². The van der Waals surface area contributed by atoms with E-state index in [1.54, 1.807) is 24.4 Å². The number of nitrogens with two attached hydrogens (primary N) is 1. The van der Waals surface area contributed by atoms with Gasteiger partial charge in [-0.05, 0) is 60.6 Å². The molecule has 0 radical (unpaired) electrons. The van der Waals surface area contributed by atoms with Crippen LogP contribution in [0.2, 0.25) is 0 Å². The molecule has 6 nitrogen and oxygen atoms in total. The van der Waals surface area contributed by atoms with Crippen molar-refractivity contribution in [3.05, 3.63) is 95.2 Å². The number of aryl methyl sites for hydroxylation is 1. The number of nitrogens with zero attached hydrogens (tertiary/aromatic N) is 1. The molecule has 0 aliphatic rings. The number of hydrogen-bond donors (Lipinski definition) is 4. The second kappa shape index (κ2) is 12.1. The Balaban J connectivity index is 1.53. The van der Waals surface area contributed by atoms with E-state index >= 15 is 0 Å². The molecule has 2 unspecified atom stereocenters. The smallest absolute Gasteiger partial charge is 0.307 e. The number of hydrogen-bond acceptors (Lipinski definition) is 5. The number of carbonyl (C=O) groups is 2. The highest BCUT2D eigenvalue weighted by Gasteiger charge is 2.26. The minimum absolute atomic E-state index is 0.116. The number of carbonyl (C=O) groups excluding carboxylic acids is 1. The van der Waals surface area contributed by atoms with Gasteiger partial charge in [0, 0.05) is 23.6 Å². The molecule has 1 aromatic heterocycles. The molecule has 2 aromatic carbocycles. The highest BCUT2D eigenvalue weighted by Crippen LogP contribution is 2.22. The third-order valence-corrected chi connectivity index (χ3v) is 6.16. The first-order valence-corrected chi connectivity index (χ1v) is 11.5. The van der Waals surface area contributed by atoms with Crippen LogP contribution in [0.3, 0.4) is 0 Å². The van der Waals surface area contributed by atoms with E-state index in [4.69, 9.17) is 5.73 Å². The summed E-state index contributed by atoms with van der Waals surface area (Å²) in [5.41, 5.74) is 9.16. The van der Waals surface area contributed by atoms with E-state index in [2.05, 4.69) is 22.9 Å². The SMILES string of the molecule is Nc1ccc(CC(C(=O)O)C(S)CCc2cccc(C(=O)NCCc3ccccc3)c2)cn1. The van der Waals surface area contributed by atoms with Gasteiger partial charge in [0.2, 0.25) is 0 Å². The fourth-order valence-electron chi connectivity index (χ4n) is 3.65. The Bertz CT molecular complexity index is 1060. The number of nitrogens with one attached hydrogen (secondary N) is 1. The average molecular weight is 464 g/mol. The van der Waals surface area contributed by atoms with E-state index in [9.17, 15) is 14.7 Å². The first-order chi connectivity index (χ1) is 15.9. The predicted octanol–water partition coefficient (Wildman–Crippen LogP) is 3.81. The lowest BCUT2D eigenvalue weighted by molar-refractivity contribution is -0.141. The molecule has 33 heavy (non-hydrogen) atoms. The summed E-state index contributed by atoms with van der Waals surface area (Å²) in [6.45, 7) is 0.562. The normalized spacial score (nSPS) is 12.6. The van der Waals surface area contributed by atoms with Gasteiger partial charge in [-0.15, -0.1) is 0 Å². The predicted molar refractivity (Wildman–Crippen MR) is 133 cm³/mol. The molecule has 0 aliphatic carbocycles. The molecule has 1 heterocycles. The van der Waals surface area contributed by atoms with Gasteiger partial charge in [0.05, 0.1) is 5.92 Å². The molecule has 172 valence electrons. The van der Waals surface area contributed by atoms with Crippen LogP contribution in [0.4, 0.5) is 5.82 Å². The summed E-state index contributed by atoms with van der Waals surface area (Å²) in [4.78, 5) is 28.4. The molecule has 3 rings (SSSR count). The summed E-state index contributed by atoms with van der Waals surface area (Å²) in [5.74, 6) is -1.26. The molecule has 4 N–H and O–H groups in total. The molecule has 0 aliphatic heterocycles. The van der Waals surface area contributed by atoms with Crippen molar-refractivity contribution in [1.82, 2.24) is 10.3 Å². The fraction of sp³-hybridized carbons (Fsp3) is 0.269. The van der Waals surface area contributed by atoms with Gasteiger partial charge in [-0.25, -0.2) is 4.98 Å². The van der Waals surface area contributed by atoms with Crippen molar-refractivity contribution in [3.63, 3.8) is 0 Å². The molecule has 3 aromatic rings. The number of aliphatic carboxylic acids is 1. The zero-order valence-electron chi connectivity index (χ0n) is 18.4. The Kier molecular flexibility index (Phi) is 8.89. The van der Waals surface area contributed by atoms with E-state index < -0.39 is 11.9 Å². The molecule has 2 atom stereocenters. The standard InChI is InChI=1S/C26H29N3O3S/c27-24-12-10-20(17-29-24)16-22(26(31)32)23(33)11-9-19-7-4-8-21(15-19)25(30)28-14-13-18-5-2-1-3-6-18/h1-8,10,12,15,17,22-23,33H,9,11,13-14,16H2,(H2,27,29)(H,28,30)(H,31,32). The highest BCUT2D eigenvalue weighted by molar-refractivity contribution is 7.81. The van der Waals surface area contributed by atoms with Crippen molar-refractivity contribution in [2.75, 3.05) is 12.3 Å². The summed E-state index contributed by atoms with van der Waals surface area (Å²) in [6, 6.07) is 20.9. The van der Waals surface area contributed by atoms with Crippen LogP contribution in [0, 0.1) is 5.92 Å². The zero-order valence-corrected chi connectivity index (χ0v) is 19.2. The number of anilines is 1. The van der Waals surface area contributed by atoms with Crippen LogP contribution in [-0.4, -0.2) is 33.8 Å². The van der Waals surface area contributed by atoms with Gasteiger partial charge in [0.1, 0.15) is 5.82 Å². The topological polar surface area (TPSA) is 105 Å². The molecule has 0 fully saturated rings. The van der Waals surface area contributed by atoms with Gasteiger partial charge < -0.3 is 16.2 Å². The van der Waals surface area contributed by atoms with Gasteiger partial charge >= 0.3 is 5.97 Å². The van der Waals surface area contributed by atoms with Crippen molar-refractivity contribution in [2.24, 2.45) is 5.92 Å². The molecule has 0 spiro atoms. The quantitative estimate of drug-likeness (QED) is 0.324. The summed E-state index contributed by atoms with van der Waals surface area (Å²) < 4.78 is 0. The van der Waals surface area contributed by atoms with Gasteiger partial charge in [-0.2, -0.15) is 12.6 Å². The minimum atomic E-state index is -0.890. The summed E-state index contributed by atoms with van der Waals surface area (Å²) in [6.07, 6.45) is 3.91. The van der Waals surface area contributed by atoms with E-state index in [-0.39, 0.29) is 11.2 Å². The molecule has 0 bridgehead atoms. The Hall–Kier alpha value is -3.32. The van der Waals surface area contributed by atoms with Crippen LogP contribution >= 0.6 is 12.6 Å². The second-order valence-corrected chi connectivity index (χ2v) is 8.70. The first kappa shape index (κ1) is 24.3. The molecular formula is C26H29N3O3S. The van der Waals surface area contributed by atoms with Crippen molar-refractivity contribution >= 4 is 30.3 Å². The number of carboxylic acids is 1. The Labute approximate surface area is 199 Å². The number of pyridine rings is 1. The van der Waals surface area contributed by atoms with E-state index in [1.807, 2.05) is 48.5 Å². The lowest BCUT2D eigenvalue weighted by Crippen LogP contribution is -2.27. The number of carboxylic acid groups (broad SMARTS) is 1. The number of nitrogen functional groups attached to an aromatic ring is 1. The number of rotatable bonds is 11. The summed E-state index contributed by atoms with van der Waals surface area (Å²) in [7, 11) is 0. The summed E-state index contributed by atoms with van der Waals surface area (Å²) in [5, 5.41) is 12.3. The van der Waals surface area contributed by atoms with Crippen LogP contribution in [0.15, 0.2) is 72.9 Å². The molecular weight excluding hydrogens is 434 g/mol. The number of aromatic nitrogens is 1. The number of thiol groups is 1. The maximum Gasteiger partial charge on any atom is 0.307 e. The van der Waals surface area contributed by atoms with Gasteiger partial charge in [-0.1, -0.05) is 48.5 Å². The minimum Gasteiger partial charge on any atom is -0.481 e. The van der Waals surface area contributed by atoms with Crippen molar-refractivity contribution in [1.29, 1.82) is 0 Å². The molecule has 7 heteroatoms. The third-order valence-electron chi connectivity index (χ3n) is 5.54. The molecule has 1 amide bonds. The number of amides is 1. The van der Waals surface area contributed by atoms with Crippen molar-refractivity contribution in [3.8, 4) is 0 Å². The molecule has 0 saturated heterocycles. The average Bonchev–Trinajstić information content (AvgIpc) is 2.82. The second-order valence-electron chi connectivity index (χ2n) is 8.04. The van der Waals surface area contributed by atoms with Crippen LogP contribution < -0.4 is 11.1 Å². The zero-order chi connectivity index (χ0) is 23.6. The number of benzene rings is 2.